The lowest BCUT2D eigenvalue weighted by Crippen LogP contribution is -2.44. The predicted octanol–water partition coefficient (Wildman–Crippen LogP) is -1.49. The summed E-state index contributed by atoms with van der Waals surface area (Å²) in [7, 11) is 0. The number of aromatic nitrogens is 2. The van der Waals surface area contributed by atoms with E-state index in [2.05, 4.69) is 5.73 Å². The number of quaternary nitrogens is 1. The number of nitrogens with two attached hydrogens (primary N) is 1. The molecule has 0 saturated carbocycles. The standard InChI is InChI=1S/C6H10N4O/c7-4-5(8)9-2-1-3-10(9)6(4)11/h1-3,7-8H2/p+1. The highest BCUT2D eigenvalue weighted by Crippen LogP contribution is 2.14. The highest BCUT2D eigenvalue weighted by atomic mass is 16.1. The monoisotopic (exact) mass is 155 g/mol. The Labute approximate surface area is 63.2 Å². The van der Waals surface area contributed by atoms with Crippen molar-refractivity contribution in [3.63, 3.8) is 0 Å². The van der Waals surface area contributed by atoms with Crippen LogP contribution in [0.1, 0.15) is 6.42 Å². The molecule has 0 amide bonds. The first kappa shape index (κ1) is 6.48. The van der Waals surface area contributed by atoms with E-state index in [0.717, 1.165) is 19.5 Å². The van der Waals surface area contributed by atoms with Crippen LogP contribution in [0.15, 0.2) is 4.79 Å². The van der Waals surface area contributed by atoms with Crippen LogP contribution in [0.25, 0.3) is 0 Å². The maximum Gasteiger partial charge on any atom is 0.296 e. The average Bonchev–Trinajstić information content (AvgIpc) is 2.53. The van der Waals surface area contributed by atoms with Gasteiger partial charge in [-0.25, -0.2) is 9.36 Å². The van der Waals surface area contributed by atoms with E-state index in [9.17, 15) is 4.79 Å². The molecule has 5 N–H and O–H groups in total. The summed E-state index contributed by atoms with van der Waals surface area (Å²) in [5, 5.41) is 0. The van der Waals surface area contributed by atoms with Gasteiger partial charge in [-0.1, -0.05) is 0 Å². The van der Waals surface area contributed by atoms with E-state index in [1.54, 1.807) is 4.68 Å². The van der Waals surface area contributed by atoms with Crippen LogP contribution in [0.2, 0.25) is 0 Å². The van der Waals surface area contributed by atoms with Crippen molar-refractivity contribution >= 4 is 11.5 Å². The first-order chi connectivity index (χ1) is 5.22. The van der Waals surface area contributed by atoms with Gasteiger partial charge in [0.05, 0.1) is 0 Å². The molecule has 1 aromatic heterocycles. The van der Waals surface area contributed by atoms with Crippen LogP contribution in [0.5, 0.6) is 0 Å². The number of hydrogen-bond donors (Lipinski definition) is 2. The molecular weight excluding hydrogens is 144 g/mol. The summed E-state index contributed by atoms with van der Waals surface area (Å²) in [4.78, 5) is 11.3. The smallest absolute Gasteiger partial charge is 0.296 e. The molecule has 0 radical (unpaired) electrons. The number of hydrogen-bond acceptors (Lipinski definition) is 2. The molecule has 0 fully saturated rings. The molecule has 2 heterocycles. The molecule has 1 aromatic rings. The number of nitrogens with zero attached hydrogens (tertiary/aromatic N) is 2. The van der Waals surface area contributed by atoms with Crippen molar-refractivity contribution < 1.29 is 5.73 Å². The molecule has 0 aromatic carbocycles. The second-order valence-electron chi connectivity index (χ2n) is 2.77. The summed E-state index contributed by atoms with van der Waals surface area (Å²) in [6.45, 7) is 1.64. The van der Waals surface area contributed by atoms with E-state index >= 15 is 0 Å². The van der Waals surface area contributed by atoms with Gasteiger partial charge in [-0.2, -0.15) is 0 Å². The number of nitrogen functional groups attached to an aromatic ring is 1. The maximum absolute atomic E-state index is 11.3. The molecule has 0 spiro atoms. The Kier molecular flexibility index (Phi) is 1.11. The minimum atomic E-state index is -0.0903. The zero-order valence-electron chi connectivity index (χ0n) is 6.21. The Hall–Kier alpha value is -1.23. The van der Waals surface area contributed by atoms with E-state index in [1.165, 1.54) is 0 Å². The van der Waals surface area contributed by atoms with Crippen molar-refractivity contribution in [1.29, 1.82) is 0 Å². The lowest BCUT2D eigenvalue weighted by molar-refractivity contribution is -0.264. The summed E-state index contributed by atoms with van der Waals surface area (Å²) in [6, 6.07) is 0. The van der Waals surface area contributed by atoms with Crippen LogP contribution in [0.4, 0.5) is 11.5 Å². The molecule has 0 unspecified atom stereocenters. The van der Waals surface area contributed by atoms with Crippen molar-refractivity contribution in [3.05, 3.63) is 10.4 Å². The Morgan fingerprint density at radius 3 is 2.64 bits per heavy atom. The molecule has 0 saturated heterocycles. The summed E-state index contributed by atoms with van der Waals surface area (Å²) < 4.78 is 3.50. The third-order valence-corrected chi connectivity index (χ3v) is 2.12. The van der Waals surface area contributed by atoms with E-state index in [0.29, 0.717) is 11.5 Å². The van der Waals surface area contributed by atoms with Gasteiger partial charge in [0.25, 0.3) is 5.56 Å². The topological polar surface area (TPSA) is 80.6 Å². The van der Waals surface area contributed by atoms with Crippen molar-refractivity contribution in [1.82, 2.24) is 9.36 Å². The SMILES string of the molecule is Nc1c([NH3+])n2n(c1=O)CCC2. The fourth-order valence-corrected chi connectivity index (χ4v) is 1.51. The lowest BCUT2D eigenvalue weighted by Gasteiger charge is -1.95. The molecule has 1 aliphatic rings. The molecule has 60 valence electrons. The van der Waals surface area contributed by atoms with Crippen molar-refractivity contribution in [2.24, 2.45) is 0 Å². The molecule has 0 bridgehead atoms. The molecule has 5 heteroatoms. The highest BCUT2D eigenvalue weighted by molar-refractivity contribution is 5.51. The minimum absolute atomic E-state index is 0.0903. The van der Waals surface area contributed by atoms with Crippen molar-refractivity contribution in [2.45, 2.75) is 19.5 Å². The fourth-order valence-electron chi connectivity index (χ4n) is 1.51. The summed E-state index contributed by atoms with van der Waals surface area (Å²) in [5.74, 6) is 0.660. The van der Waals surface area contributed by atoms with Crippen LogP contribution in [-0.4, -0.2) is 9.36 Å². The third-order valence-electron chi connectivity index (χ3n) is 2.12. The Morgan fingerprint density at radius 2 is 2.00 bits per heavy atom. The Bertz CT molecular complexity index is 348. The first-order valence-electron chi connectivity index (χ1n) is 3.63. The zero-order valence-corrected chi connectivity index (χ0v) is 6.21. The molecule has 2 rings (SSSR count). The molecular formula is C6H11N4O+. The van der Waals surface area contributed by atoms with Crippen LogP contribution >= 0.6 is 0 Å². The van der Waals surface area contributed by atoms with E-state index in [4.69, 9.17) is 5.73 Å². The minimum Gasteiger partial charge on any atom is -0.388 e. The van der Waals surface area contributed by atoms with Crippen LogP contribution < -0.4 is 17.0 Å². The van der Waals surface area contributed by atoms with E-state index in [1.807, 2.05) is 4.68 Å². The van der Waals surface area contributed by atoms with Gasteiger partial charge >= 0.3 is 0 Å². The number of rotatable bonds is 0. The molecule has 0 aliphatic carbocycles. The first-order valence-corrected chi connectivity index (χ1v) is 3.63. The summed E-state index contributed by atoms with van der Waals surface area (Å²) in [5.41, 5.74) is 9.43. The van der Waals surface area contributed by atoms with Crippen molar-refractivity contribution in [2.75, 3.05) is 5.73 Å². The molecule has 5 nitrogen and oxygen atoms in total. The van der Waals surface area contributed by atoms with Crippen molar-refractivity contribution in [3.8, 4) is 0 Å². The Balaban J connectivity index is 2.78. The predicted molar refractivity (Wildman–Crippen MR) is 40.3 cm³/mol. The van der Waals surface area contributed by atoms with Gasteiger partial charge in [0.1, 0.15) is 0 Å². The van der Waals surface area contributed by atoms with Crippen LogP contribution in [0.3, 0.4) is 0 Å². The molecule has 1 aliphatic heterocycles. The average molecular weight is 155 g/mol. The number of fused-ring (bicyclic) bond motifs is 1. The van der Waals surface area contributed by atoms with Gasteiger partial charge in [0.15, 0.2) is 5.69 Å². The second kappa shape index (κ2) is 1.88. The second-order valence-corrected chi connectivity index (χ2v) is 2.77. The van der Waals surface area contributed by atoms with Gasteiger partial charge in [-0.05, 0) is 6.42 Å². The number of anilines is 1. The Morgan fingerprint density at radius 1 is 1.36 bits per heavy atom. The van der Waals surface area contributed by atoms with Crippen LogP contribution in [-0.2, 0) is 13.1 Å². The molecule has 11 heavy (non-hydrogen) atoms. The highest BCUT2D eigenvalue weighted by Gasteiger charge is 2.21. The summed E-state index contributed by atoms with van der Waals surface area (Å²) >= 11 is 0. The van der Waals surface area contributed by atoms with Gasteiger partial charge in [-0.3, -0.25) is 4.79 Å². The largest absolute Gasteiger partial charge is 0.388 e. The van der Waals surface area contributed by atoms with E-state index in [-0.39, 0.29) is 5.56 Å². The maximum atomic E-state index is 11.3. The fraction of sp³-hybridized carbons (Fsp3) is 0.500. The third kappa shape index (κ3) is 0.655. The van der Waals surface area contributed by atoms with Gasteiger partial charge in [0.2, 0.25) is 5.82 Å². The molecule has 0 atom stereocenters. The zero-order chi connectivity index (χ0) is 8.01. The van der Waals surface area contributed by atoms with Crippen LogP contribution in [0, 0.1) is 0 Å². The summed E-state index contributed by atoms with van der Waals surface area (Å²) in [6.07, 6.45) is 1.01. The quantitative estimate of drug-likeness (QED) is 0.478. The normalized spacial score (nSPS) is 15.4. The van der Waals surface area contributed by atoms with Gasteiger partial charge in [-0.15, -0.1) is 0 Å². The van der Waals surface area contributed by atoms with Gasteiger partial charge < -0.3 is 11.5 Å². The van der Waals surface area contributed by atoms with E-state index < -0.39 is 0 Å². The van der Waals surface area contributed by atoms with Gasteiger partial charge in [0, 0.05) is 13.1 Å². The lowest BCUT2D eigenvalue weighted by atomic mass is 10.4.